The molecule has 0 saturated heterocycles. The van der Waals surface area contributed by atoms with Gasteiger partial charge in [-0.15, -0.1) is 0 Å². The number of fused-ring (bicyclic) bond motifs is 1. The van der Waals surface area contributed by atoms with Crippen molar-refractivity contribution >= 4 is 34.1 Å². The number of para-hydroxylation sites is 1. The minimum Gasteiger partial charge on any atom is -0.438 e. The molecule has 0 radical (unpaired) electrons. The van der Waals surface area contributed by atoms with Gasteiger partial charge in [0.15, 0.2) is 11.0 Å². The topological polar surface area (TPSA) is 47.9 Å². The Balaban J connectivity index is 2.18. The highest BCUT2D eigenvalue weighted by atomic mass is 35.5. The lowest BCUT2D eigenvalue weighted by molar-refractivity contribution is 0.467. The summed E-state index contributed by atoms with van der Waals surface area (Å²) in [6.45, 7) is 0. The summed E-state index contributed by atoms with van der Waals surface area (Å²) in [4.78, 5) is 11.5. The van der Waals surface area contributed by atoms with Crippen LogP contribution in [0.1, 0.15) is 0 Å². The van der Waals surface area contributed by atoms with Crippen LogP contribution in [0.25, 0.3) is 10.9 Å². The Morgan fingerprint density at radius 3 is 2.55 bits per heavy atom. The van der Waals surface area contributed by atoms with Crippen LogP contribution in [0.15, 0.2) is 36.5 Å². The van der Waals surface area contributed by atoms with Gasteiger partial charge in [-0.2, -0.15) is 4.98 Å². The average Bonchev–Trinajstić information content (AvgIpc) is 2.44. The molecule has 0 spiro atoms. The summed E-state index contributed by atoms with van der Waals surface area (Å²) in [5.41, 5.74) is -0.0315. The van der Waals surface area contributed by atoms with Crippen LogP contribution in [0.5, 0.6) is 11.6 Å². The first kappa shape index (κ1) is 13.0. The van der Waals surface area contributed by atoms with Gasteiger partial charge in [0.2, 0.25) is 11.2 Å². The summed E-state index contributed by atoms with van der Waals surface area (Å²) in [6, 6.07) is 8.92. The van der Waals surface area contributed by atoms with Gasteiger partial charge in [0.1, 0.15) is 11.3 Å². The van der Waals surface area contributed by atoms with Crippen LogP contribution < -0.4 is 4.74 Å². The number of halogens is 3. The Labute approximate surface area is 123 Å². The van der Waals surface area contributed by atoms with Crippen LogP contribution in [0.4, 0.5) is 4.39 Å². The van der Waals surface area contributed by atoms with Crippen molar-refractivity contribution in [1.82, 2.24) is 15.0 Å². The van der Waals surface area contributed by atoms with E-state index in [4.69, 9.17) is 27.9 Å². The second-order valence-corrected chi connectivity index (χ2v) is 4.53. The Kier molecular flexibility index (Phi) is 3.38. The van der Waals surface area contributed by atoms with Crippen LogP contribution in [0.2, 0.25) is 10.4 Å². The molecule has 3 aromatic rings. The highest BCUT2D eigenvalue weighted by molar-refractivity contribution is 6.30. The number of hydrogen-bond donors (Lipinski definition) is 0. The third-order valence-corrected chi connectivity index (χ3v) is 2.97. The lowest BCUT2D eigenvalue weighted by atomic mass is 10.3. The number of rotatable bonds is 2. The van der Waals surface area contributed by atoms with Crippen LogP contribution in [-0.4, -0.2) is 15.0 Å². The maximum absolute atomic E-state index is 13.9. The molecule has 0 unspecified atom stereocenters. The lowest BCUT2D eigenvalue weighted by Gasteiger charge is -2.08. The molecule has 0 aliphatic heterocycles. The zero-order chi connectivity index (χ0) is 14.1. The van der Waals surface area contributed by atoms with E-state index in [1.165, 1.54) is 6.20 Å². The zero-order valence-corrected chi connectivity index (χ0v) is 11.4. The van der Waals surface area contributed by atoms with Crippen molar-refractivity contribution in [1.29, 1.82) is 0 Å². The van der Waals surface area contributed by atoms with Gasteiger partial charge < -0.3 is 4.74 Å². The number of benzene rings is 1. The van der Waals surface area contributed by atoms with Gasteiger partial charge in [-0.3, -0.25) is 0 Å². The standard InChI is InChI=1S/C13H6Cl2FN3O/c14-11-9(16)10-8(6-17-11)12(19-13(15)18-10)20-7-4-2-1-3-5-7/h1-6H. The molecule has 100 valence electrons. The Morgan fingerprint density at radius 2 is 1.80 bits per heavy atom. The van der Waals surface area contributed by atoms with Gasteiger partial charge in [0.25, 0.3) is 0 Å². The normalized spacial score (nSPS) is 10.8. The number of aromatic nitrogens is 3. The van der Waals surface area contributed by atoms with Crippen molar-refractivity contribution < 1.29 is 9.13 Å². The summed E-state index contributed by atoms with van der Waals surface area (Å²) in [5.74, 6) is -0.0976. The smallest absolute Gasteiger partial charge is 0.233 e. The first-order valence-electron chi connectivity index (χ1n) is 5.55. The van der Waals surface area contributed by atoms with Crippen LogP contribution >= 0.6 is 23.2 Å². The van der Waals surface area contributed by atoms with E-state index in [0.29, 0.717) is 11.1 Å². The van der Waals surface area contributed by atoms with Crippen molar-refractivity contribution in [2.45, 2.75) is 0 Å². The third-order valence-electron chi connectivity index (χ3n) is 2.54. The summed E-state index contributed by atoms with van der Waals surface area (Å²) >= 11 is 11.4. The third kappa shape index (κ3) is 2.37. The molecule has 0 N–H and O–H groups in total. The summed E-state index contributed by atoms with van der Waals surface area (Å²) in [5, 5.41) is -0.123. The first-order chi connectivity index (χ1) is 9.65. The van der Waals surface area contributed by atoms with Gasteiger partial charge in [0.05, 0.1) is 5.39 Å². The van der Waals surface area contributed by atoms with E-state index < -0.39 is 5.82 Å². The Hall–Kier alpha value is -1.98. The second kappa shape index (κ2) is 5.19. The number of hydrogen-bond acceptors (Lipinski definition) is 4. The fraction of sp³-hybridized carbons (Fsp3) is 0. The minimum atomic E-state index is -0.758. The molecule has 0 aliphatic carbocycles. The maximum Gasteiger partial charge on any atom is 0.233 e. The highest BCUT2D eigenvalue weighted by Gasteiger charge is 2.15. The molecule has 1 aromatic carbocycles. The molecule has 0 atom stereocenters. The molecule has 4 nitrogen and oxygen atoms in total. The van der Waals surface area contributed by atoms with Crippen LogP contribution in [0, 0.1) is 5.82 Å². The molecule has 20 heavy (non-hydrogen) atoms. The monoisotopic (exact) mass is 309 g/mol. The van der Waals surface area contributed by atoms with E-state index in [9.17, 15) is 4.39 Å². The first-order valence-corrected chi connectivity index (χ1v) is 6.31. The van der Waals surface area contributed by atoms with Crippen molar-refractivity contribution in [3.8, 4) is 11.6 Å². The molecule has 0 bridgehead atoms. The van der Waals surface area contributed by atoms with E-state index in [0.717, 1.165) is 0 Å². The minimum absolute atomic E-state index is 0.0315. The van der Waals surface area contributed by atoms with Crippen molar-refractivity contribution in [2.24, 2.45) is 0 Å². The van der Waals surface area contributed by atoms with Gasteiger partial charge >= 0.3 is 0 Å². The zero-order valence-electron chi connectivity index (χ0n) is 9.85. The second-order valence-electron chi connectivity index (χ2n) is 3.84. The average molecular weight is 310 g/mol. The van der Waals surface area contributed by atoms with Crippen molar-refractivity contribution in [3.05, 3.63) is 52.8 Å². The molecule has 0 aliphatic rings. The summed E-state index contributed by atoms with van der Waals surface area (Å²) < 4.78 is 19.5. The predicted octanol–water partition coefficient (Wildman–Crippen LogP) is 4.26. The molecule has 7 heteroatoms. The molecule has 2 aromatic heterocycles. The molecule has 0 fully saturated rings. The Bertz CT molecular complexity index is 783. The molecule has 0 amide bonds. The fourth-order valence-electron chi connectivity index (χ4n) is 1.66. The quantitative estimate of drug-likeness (QED) is 0.524. The number of ether oxygens (including phenoxy) is 1. The van der Waals surface area contributed by atoms with E-state index >= 15 is 0 Å². The summed E-state index contributed by atoms with van der Waals surface area (Å²) in [7, 11) is 0. The van der Waals surface area contributed by atoms with E-state index in [2.05, 4.69) is 15.0 Å². The molecule has 2 heterocycles. The number of nitrogens with zero attached hydrogens (tertiary/aromatic N) is 3. The SMILES string of the molecule is Fc1c(Cl)ncc2c(Oc3ccccc3)nc(Cl)nc12. The van der Waals surface area contributed by atoms with Crippen LogP contribution in [0.3, 0.4) is 0 Å². The summed E-state index contributed by atoms with van der Waals surface area (Å²) in [6.07, 6.45) is 1.34. The van der Waals surface area contributed by atoms with E-state index in [1.807, 2.05) is 6.07 Å². The van der Waals surface area contributed by atoms with Crippen molar-refractivity contribution in [2.75, 3.05) is 0 Å². The fourth-order valence-corrected chi connectivity index (χ4v) is 1.96. The van der Waals surface area contributed by atoms with Gasteiger partial charge in [-0.25, -0.2) is 14.4 Å². The molecule has 3 rings (SSSR count). The van der Waals surface area contributed by atoms with Crippen molar-refractivity contribution in [3.63, 3.8) is 0 Å². The van der Waals surface area contributed by atoms with Gasteiger partial charge in [-0.05, 0) is 23.7 Å². The molecule has 0 saturated carbocycles. The highest BCUT2D eigenvalue weighted by Crippen LogP contribution is 2.30. The predicted molar refractivity (Wildman–Crippen MR) is 73.8 cm³/mol. The Morgan fingerprint density at radius 1 is 1.05 bits per heavy atom. The largest absolute Gasteiger partial charge is 0.438 e. The maximum atomic E-state index is 13.9. The number of pyridine rings is 1. The van der Waals surface area contributed by atoms with E-state index in [-0.39, 0.29) is 21.8 Å². The van der Waals surface area contributed by atoms with Crippen LogP contribution in [-0.2, 0) is 0 Å². The molecular formula is C13H6Cl2FN3O. The van der Waals surface area contributed by atoms with Gasteiger partial charge in [0, 0.05) is 6.20 Å². The van der Waals surface area contributed by atoms with E-state index in [1.54, 1.807) is 24.3 Å². The molecular weight excluding hydrogens is 304 g/mol. The lowest BCUT2D eigenvalue weighted by Crippen LogP contribution is -1.96. The van der Waals surface area contributed by atoms with Gasteiger partial charge in [-0.1, -0.05) is 29.8 Å².